The second kappa shape index (κ2) is 5.33. The van der Waals surface area contributed by atoms with E-state index in [0.29, 0.717) is 12.8 Å². The highest BCUT2D eigenvalue weighted by Crippen LogP contribution is 2.27. The number of carbonyl (C=O) groups is 1. The third kappa shape index (κ3) is 2.73. The molecule has 1 aliphatic heterocycles. The van der Waals surface area contributed by atoms with Gasteiger partial charge in [-0.1, -0.05) is 6.07 Å². The predicted molar refractivity (Wildman–Crippen MR) is 85.9 cm³/mol. The van der Waals surface area contributed by atoms with Gasteiger partial charge in [-0.2, -0.15) is 0 Å². The normalized spacial score (nSPS) is 26.1. The minimum absolute atomic E-state index is 0.0244. The van der Waals surface area contributed by atoms with Crippen molar-refractivity contribution in [2.75, 3.05) is 11.5 Å². The molecule has 122 valence electrons. The van der Waals surface area contributed by atoms with Crippen molar-refractivity contribution in [3.05, 3.63) is 35.8 Å². The summed E-state index contributed by atoms with van der Waals surface area (Å²) in [6, 6.07) is 5.66. The van der Waals surface area contributed by atoms with Crippen LogP contribution in [0.1, 0.15) is 24.2 Å². The zero-order valence-corrected chi connectivity index (χ0v) is 13.6. The summed E-state index contributed by atoms with van der Waals surface area (Å²) in [5.74, 6) is 0.126. The van der Waals surface area contributed by atoms with Crippen LogP contribution in [0.15, 0.2) is 24.4 Å². The number of fused-ring (bicyclic) bond motifs is 3. The van der Waals surface area contributed by atoms with Gasteiger partial charge >= 0.3 is 0 Å². The van der Waals surface area contributed by atoms with E-state index in [1.165, 1.54) is 0 Å². The largest absolute Gasteiger partial charge is 0.352 e. The summed E-state index contributed by atoms with van der Waals surface area (Å²) >= 11 is 0. The summed E-state index contributed by atoms with van der Waals surface area (Å²) in [5, 5.41) is 2.93. The van der Waals surface area contributed by atoms with Crippen molar-refractivity contribution in [1.82, 2.24) is 14.7 Å². The van der Waals surface area contributed by atoms with Gasteiger partial charge in [0.15, 0.2) is 9.84 Å². The number of hydrogen-bond acceptors (Lipinski definition) is 4. The smallest absolute Gasteiger partial charge is 0.223 e. The maximum atomic E-state index is 12.5. The second-order valence-electron chi connectivity index (χ2n) is 6.48. The zero-order valence-electron chi connectivity index (χ0n) is 12.7. The van der Waals surface area contributed by atoms with E-state index in [0.717, 1.165) is 29.9 Å². The third-order valence-corrected chi connectivity index (χ3v) is 6.60. The minimum Gasteiger partial charge on any atom is -0.352 e. The van der Waals surface area contributed by atoms with Crippen LogP contribution in [-0.4, -0.2) is 41.3 Å². The lowest BCUT2D eigenvalue weighted by atomic mass is 9.89. The molecular formula is C16H19N3O3S. The first-order chi connectivity index (χ1) is 11.0. The minimum atomic E-state index is -2.97. The number of amides is 1. The molecule has 1 saturated heterocycles. The molecule has 3 heterocycles. The Morgan fingerprint density at radius 2 is 2.17 bits per heavy atom. The van der Waals surface area contributed by atoms with Crippen LogP contribution in [0.25, 0.3) is 5.65 Å². The molecule has 23 heavy (non-hydrogen) atoms. The van der Waals surface area contributed by atoms with Gasteiger partial charge in [0.1, 0.15) is 5.65 Å². The monoisotopic (exact) mass is 333 g/mol. The van der Waals surface area contributed by atoms with Crippen molar-refractivity contribution in [3.63, 3.8) is 0 Å². The summed E-state index contributed by atoms with van der Waals surface area (Å²) in [4.78, 5) is 17.1. The molecule has 0 aromatic carbocycles. The number of rotatable bonds is 2. The van der Waals surface area contributed by atoms with Crippen molar-refractivity contribution in [2.24, 2.45) is 5.92 Å². The average Bonchev–Trinajstić information content (AvgIpc) is 3.06. The maximum Gasteiger partial charge on any atom is 0.223 e. The first-order valence-electron chi connectivity index (χ1n) is 7.97. The Kier molecular flexibility index (Phi) is 3.41. The van der Waals surface area contributed by atoms with E-state index in [-0.39, 0.29) is 29.4 Å². The molecule has 2 atom stereocenters. The van der Waals surface area contributed by atoms with Crippen LogP contribution in [0.2, 0.25) is 0 Å². The topological polar surface area (TPSA) is 80.5 Å². The molecule has 7 heteroatoms. The first-order valence-corrected chi connectivity index (χ1v) is 9.79. The van der Waals surface area contributed by atoms with Gasteiger partial charge in [0.05, 0.1) is 17.2 Å². The molecule has 1 aliphatic carbocycles. The van der Waals surface area contributed by atoms with Crippen LogP contribution in [0.3, 0.4) is 0 Å². The summed E-state index contributed by atoms with van der Waals surface area (Å²) < 4.78 is 25.1. The first kappa shape index (κ1) is 14.7. The number of aryl methyl sites for hydroxylation is 1. The molecular weight excluding hydrogens is 314 g/mol. The van der Waals surface area contributed by atoms with Crippen LogP contribution in [0.5, 0.6) is 0 Å². The second-order valence-corrected chi connectivity index (χ2v) is 8.71. The van der Waals surface area contributed by atoms with Gasteiger partial charge in [0.2, 0.25) is 5.91 Å². The SMILES string of the molecule is O=C(NC1CCS(=O)(=O)C1)C1CCc2nc3ccccn3c2C1. The van der Waals surface area contributed by atoms with Crippen molar-refractivity contribution >= 4 is 21.4 Å². The molecule has 1 fully saturated rings. The molecule has 0 radical (unpaired) electrons. The molecule has 2 aliphatic rings. The van der Waals surface area contributed by atoms with Crippen LogP contribution in [-0.2, 0) is 27.5 Å². The highest BCUT2D eigenvalue weighted by atomic mass is 32.2. The van der Waals surface area contributed by atoms with E-state index in [1.54, 1.807) is 0 Å². The molecule has 6 nitrogen and oxygen atoms in total. The Balaban J connectivity index is 1.50. The van der Waals surface area contributed by atoms with Crippen LogP contribution in [0, 0.1) is 5.92 Å². The molecule has 0 bridgehead atoms. The van der Waals surface area contributed by atoms with Gasteiger partial charge < -0.3 is 9.72 Å². The summed E-state index contributed by atoms with van der Waals surface area (Å²) in [6.45, 7) is 0. The van der Waals surface area contributed by atoms with Crippen molar-refractivity contribution in [2.45, 2.75) is 31.7 Å². The number of nitrogens with one attached hydrogen (secondary N) is 1. The van der Waals surface area contributed by atoms with Gasteiger partial charge in [-0.3, -0.25) is 4.79 Å². The molecule has 4 rings (SSSR count). The fourth-order valence-electron chi connectivity index (χ4n) is 3.61. The zero-order chi connectivity index (χ0) is 16.0. The lowest BCUT2D eigenvalue weighted by Gasteiger charge is -2.23. The number of aromatic nitrogens is 2. The number of carbonyl (C=O) groups excluding carboxylic acids is 1. The van der Waals surface area contributed by atoms with Gasteiger partial charge in [-0.15, -0.1) is 0 Å². The maximum absolute atomic E-state index is 12.5. The Bertz CT molecular complexity index is 872. The third-order valence-electron chi connectivity index (χ3n) is 4.83. The Hall–Kier alpha value is -1.89. The number of hydrogen-bond donors (Lipinski definition) is 1. The molecule has 0 saturated carbocycles. The van der Waals surface area contributed by atoms with E-state index in [4.69, 9.17) is 0 Å². The quantitative estimate of drug-likeness (QED) is 0.879. The van der Waals surface area contributed by atoms with E-state index in [9.17, 15) is 13.2 Å². The van der Waals surface area contributed by atoms with Crippen LogP contribution in [0.4, 0.5) is 0 Å². The number of imidazole rings is 1. The van der Waals surface area contributed by atoms with Crippen LogP contribution < -0.4 is 5.32 Å². The van der Waals surface area contributed by atoms with Gasteiger partial charge in [-0.05, 0) is 31.4 Å². The van der Waals surface area contributed by atoms with E-state index in [2.05, 4.69) is 14.7 Å². The predicted octanol–water partition coefficient (Wildman–Crippen LogP) is 0.742. The Morgan fingerprint density at radius 1 is 1.30 bits per heavy atom. The molecule has 2 unspecified atom stereocenters. The molecule has 1 amide bonds. The van der Waals surface area contributed by atoms with E-state index >= 15 is 0 Å². The van der Waals surface area contributed by atoms with Crippen LogP contribution >= 0.6 is 0 Å². The molecule has 2 aromatic heterocycles. The standard InChI is InChI=1S/C16H19N3O3S/c20-16(17-12-6-8-23(21,22)10-12)11-4-5-13-14(9-11)19-7-2-1-3-15(19)18-13/h1-3,7,11-12H,4-6,8-10H2,(H,17,20). The van der Waals surface area contributed by atoms with E-state index < -0.39 is 9.84 Å². The summed E-state index contributed by atoms with van der Waals surface area (Å²) in [5.41, 5.74) is 3.09. The van der Waals surface area contributed by atoms with Crippen molar-refractivity contribution in [3.8, 4) is 0 Å². The molecule has 0 spiro atoms. The number of pyridine rings is 1. The summed E-state index contributed by atoms with van der Waals surface area (Å²) in [6.07, 6.45) is 4.72. The molecule has 1 N–H and O–H groups in total. The molecule has 2 aromatic rings. The highest BCUT2D eigenvalue weighted by molar-refractivity contribution is 7.91. The fraction of sp³-hybridized carbons (Fsp3) is 0.500. The van der Waals surface area contributed by atoms with Crippen molar-refractivity contribution < 1.29 is 13.2 Å². The van der Waals surface area contributed by atoms with Gasteiger partial charge in [-0.25, -0.2) is 13.4 Å². The Morgan fingerprint density at radius 3 is 2.96 bits per heavy atom. The van der Waals surface area contributed by atoms with Gasteiger partial charge in [0.25, 0.3) is 0 Å². The Labute approximate surface area is 134 Å². The number of sulfone groups is 1. The lowest BCUT2D eigenvalue weighted by molar-refractivity contribution is -0.125. The summed E-state index contributed by atoms with van der Waals surface area (Å²) in [7, 11) is -2.97. The van der Waals surface area contributed by atoms with E-state index in [1.807, 2.05) is 24.4 Å². The lowest BCUT2D eigenvalue weighted by Crippen LogP contribution is -2.41. The van der Waals surface area contributed by atoms with Crippen molar-refractivity contribution in [1.29, 1.82) is 0 Å². The highest BCUT2D eigenvalue weighted by Gasteiger charge is 2.33. The average molecular weight is 333 g/mol. The fourth-order valence-corrected chi connectivity index (χ4v) is 5.28. The number of nitrogens with zero attached hydrogens (tertiary/aromatic N) is 2. The van der Waals surface area contributed by atoms with Gasteiger partial charge in [0, 0.05) is 30.3 Å².